The first kappa shape index (κ1) is 21.1. The zero-order chi connectivity index (χ0) is 20.9. The number of piperazine rings is 1. The summed E-state index contributed by atoms with van der Waals surface area (Å²) in [6.45, 7) is 1.85. The van der Waals surface area contributed by atoms with Gasteiger partial charge in [0.1, 0.15) is 12.4 Å². The summed E-state index contributed by atoms with van der Waals surface area (Å²) in [6, 6.07) is 13.9. The van der Waals surface area contributed by atoms with E-state index in [1.54, 1.807) is 19.2 Å². The number of para-hydroxylation sites is 2. The Morgan fingerprint density at radius 1 is 1.00 bits per heavy atom. The van der Waals surface area contributed by atoms with Crippen molar-refractivity contribution in [3.05, 3.63) is 48.5 Å². The van der Waals surface area contributed by atoms with E-state index < -0.39 is 10.0 Å². The molecule has 1 aliphatic rings. The number of anilines is 2. The highest BCUT2D eigenvalue weighted by molar-refractivity contribution is 7.89. The number of rotatable bonds is 7. The third-order valence-corrected chi connectivity index (χ3v) is 6.63. The highest BCUT2D eigenvalue weighted by atomic mass is 32.2. The van der Waals surface area contributed by atoms with Crippen molar-refractivity contribution in [3.63, 3.8) is 0 Å². The van der Waals surface area contributed by atoms with Crippen LogP contribution in [-0.4, -0.2) is 65.6 Å². The van der Waals surface area contributed by atoms with Gasteiger partial charge in [-0.05, 0) is 36.4 Å². The number of benzene rings is 2. The molecule has 1 aliphatic heterocycles. The Kier molecular flexibility index (Phi) is 6.73. The minimum Gasteiger partial charge on any atom is -0.495 e. The number of methoxy groups -OCH3 is 2. The second kappa shape index (κ2) is 9.25. The van der Waals surface area contributed by atoms with Gasteiger partial charge in [-0.15, -0.1) is 0 Å². The van der Waals surface area contributed by atoms with Crippen molar-refractivity contribution in [2.75, 3.05) is 57.2 Å². The van der Waals surface area contributed by atoms with Crippen LogP contribution >= 0.6 is 0 Å². The second-order valence-electron chi connectivity index (χ2n) is 6.57. The Hall–Kier alpha value is -2.62. The van der Waals surface area contributed by atoms with Crippen molar-refractivity contribution in [1.82, 2.24) is 4.31 Å². The summed E-state index contributed by atoms with van der Waals surface area (Å²) >= 11 is 0. The molecule has 9 heteroatoms. The number of hydrogen-bond acceptors (Lipinski definition) is 6. The van der Waals surface area contributed by atoms with Gasteiger partial charge in [-0.2, -0.15) is 4.31 Å². The Balaban J connectivity index is 1.66. The number of carbonyl (C=O) groups excluding carboxylic acids is 1. The maximum Gasteiger partial charge on any atom is 0.250 e. The summed E-state index contributed by atoms with van der Waals surface area (Å²) < 4.78 is 37.6. The summed E-state index contributed by atoms with van der Waals surface area (Å²) in [4.78, 5) is 13.9. The molecule has 2 aromatic carbocycles. The number of carbonyl (C=O) groups is 1. The topological polar surface area (TPSA) is 88.2 Å². The van der Waals surface area contributed by atoms with Crippen LogP contribution in [0.15, 0.2) is 53.4 Å². The lowest BCUT2D eigenvalue weighted by atomic mass is 10.2. The maximum absolute atomic E-state index is 13.0. The molecule has 0 spiro atoms. The Labute approximate surface area is 171 Å². The molecule has 0 aliphatic carbocycles. The van der Waals surface area contributed by atoms with Gasteiger partial charge in [-0.1, -0.05) is 12.1 Å². The first-order valence-corrected chi connectivity index (χ1v) is 10.7. The van der Waals surface area contributed by atoms with Gasteiger partial charge in [0.25, 0.3) is 0 Å². The highest BCUT2D eigenvalue weighted by Crippen LogP contribution is 2.29. The van der Waals surface area contributed by atoms with E-state index in [0.717, 1.165) is 11.4 Å². The Bertz CT molecular complexity index is 939. The minimum atomic E-state index is -3.60. The van der Waals surface area contributed by atoms with Crippen LogP contribution in [0.5, 0.6) is 5.75 Å². The monoisotopic (exact) mass is 419 g/mol. The number of nitrogens with one attached hydrogen (secondary N) is 1. The van der Waals surface area contributed by atoms with Crippen molar-refractivity contribution >= 4 is 27.3 Å². The molecule has 8 nitrogen and oxygen atoms in total. The minimum absolute atomic E-state index is 0.0590. The molecule has 0 aromatic heterocycles. The SMILES string of the molecule is COCC(=O)Nc1ccc(S(=O)(=O)N2CCN(c3ccccc3OC)CC2)cc1. The van der Waals surface area contributed by atoms with Crippen molar-refractivity contribution in [3.8, 4) is 5.75 Å². The van der Waals surface area contributed by atoms with Crippen molar-refractivity contribution < 1.29 is 22.7 Å². The van der Waals surface area contributed by atoms with Gasteiger partial charge in [0.2, 0.25) is 15.9 Å². The van der Waals surface area contributed by atoms with Crippen molar-refractivity contribution in [2.45, 2.75) is 4.90 Å². The van der Waals surface area contributed by atoms with Crippen molar-refractivity contribution in [2.24, 2.45) is 0 Å². The average molecular weight is 420 g/mol. The van der Waals surface area contributed by atoms with Gasteiger partial charge in [0.05, 0.1) is 17.7 Å². The molecule has 0 bridgehead atoms. The third kappa shape index (κ3) is 4.87. The van der Waals surface area contributed by atoms with Gasteiger partial charge in [-0.3, -0.25) is 4.79 Å². The van der Waals surface area contributed by atoms with Gasteiger partial charge < -0.3 is 19.7 Å². The number of ether oxygens (including phenoxy) is 2. The zero-order valence-corrected chi connectivity index (χ0v) is 17.3. The zero-order valence-electron chi connectivity index (χ0n) is 16.5. The summed E-state index contributed by atoms with van der Waals surface area (Å²) in [5.74, 6) is 0.477. The smallest absolute Gasteiger partial charge is 0.250 e. The van der Waals surface area contributed by atoms with Crippen molar-refractivity contribution in [1.29, 1.82) is 0 Å². The molecule has 2 aromatic rings. The second-order valence-corrected chi connectivity index (χ2v) is 8.51. The lowest BCUT2D eigenvalue weighted by Gasteiger charge is -2.35. The summed E-state index contributed by atoms with van der Waals surface area (Å²) in [5.41, 5.74) is 1.48. The molecule has 0 atom stereocenters. The van der Waals surface area contributed by atoms with E-state index in [0.29, 0.717) is 31.9 Å². The molecule has 0 saturated carbocycles. The van der Waals surface area contributed by atoms with Crippen LogP contribution in [0, 0.1) is 0 Å². The van der Waals surface area contributed by atoms with E-state index >= 15 is 0 Å². The fourth-order valence-electron chi connectivity index (χ4n) is 3.25. The third-order valence-electron chi connectivity index (χ3n) is 4.72. The van der Waals surface area contributed by atoms with Gasteiger partial charge in [-0.25, -0.2) is 8.42 Å². The Morgan fingerprint density at radius 3 is 2.28 bits per heavy atom. The normalized spacial score (nSPS) is 15.2. The number of nitrogens with zero attached hydrogens (tertiary/aromatic N) is 2. The summed E-state index contributed by atoms with van der Waals surface area (Å²) in [7, 11) is -0.541. The fraction of sp³-hybridized carbons (Fsp3) is 0.350. The number of amides is 1. The number of hydrogen-bond donors (Lipinski definition) is 1. The predicted octanol–water partition coefficient (Wildman–Crippen LogP) is 1.79. The largest absolute Gasteiger partial charge is 0.495 e. The molecule has 29 heavy (non-hydrogen) atoms. The first-order chi connectivity index (χ1) is 14.0. The standard InChI is InChI=1S/C20H25N3O5S/c1-27-15-20(24)21-16-7-9-17(10-8-16)29(25,26)23-13-11-22(12-14-23)18-5-3-4-6-19(18)28-2/h3-10H,11-15H2,1-2H3,(H,21,24). The molecule has 0 unspecified atom stereocenters. The average Bonchev–Trinajstić information content (AvgIpc) is 2.74. The lowest BCUT2D eigenvalue weighted by Crippen LogP contribution is -2.48. The highest BCUT2D eigenvalue weighted by Gasteiger charge is 2.29. The van der Waals surface area contributed by atoms with Crippen LogP contribution < -0.4 is 15.0 Å². The molecule has 3 rings (SSSR count). The van der Waals surface area contributed by atoms with Gasteiger partial charge in [0.15, 0.2) is 0 Å². The quantitative estimate of drug-likeness (QED) is 0.736. The van der Waals surface area contributed by atoms with Gasteiger partial charge in [0, 0.05) is 39.0 Å². The Morgan fingerprint density at radius 2 is 1.66 bits per heavy atom. The van der Waals surface area contributed by atoms with E-state index in [4.69, 9.17) is 9.47 Å². The van der Waals surface area contributed by atoms with E-state index in [1.807, 2.05) is 24.3 Å². The predicted molar refractivity (Wildman–Crippen MR) is 111 cm³/mol. The van der Waals surface area contributed by atoms with E-state index in [1.165, 1.54) is 23.5 Å². The molecule has 1 fully saturated rings. The van der Waals surface area contributed by atoms with Crippen LogP contribution in [0.25, 0.3) is 0 Å². The summed E-state index contributed by atoms with van der Waals surface area (Å²) in [6.07, 6.45) is 0. The molecule has 156 valence electrons. The van der Waals surface area contributed by atoms with E-state index in [2.05, 4.69) is 10.2 Å². The van der Waals surface area contributed by atoms with Gasteiger partial charge >= 0.3 is 0 Å². The molecule has 1 saturated heterocycles. The molecular formula is C20H25N3O5S. The van der Waals surface area contributed by atoms with Crippen LogP contribution in [0.2, 0.25) is 0 Å². The fourth-order valence-corrected chi connectivity index (χ4v) is 4.67. The molecule has 1 heterocycles. The van der Waals surface area contributed by atoms with Crippen LogP contribution in [0.4, 0.5) is 11.4 Å². The van der Waals surface area contributed by atoms with E-state index in [9.17, 15) is 13.2 Å². The first-order valence-electron chi connectivity index (χ1n) is 9.22. The number of sulfonamides is 1. The van der Waals surface area contributed by atoms with Crippen LogP contribution in [-0.2, 0) is 19.6 Å². The lowest BCUT2D eigenvalue weighted by molar-refractivity contribution is -0.119. The van der Waals surface area contributed by atoms with E-state index in [-0.39, 0.29) is 17.4 Å². The van der Waals surface area contributed by atoms with Crippen LogP contribution in [0.3, 0.4) is 0 Å². The molecule has 0 radical (unpaired) electrons. The van der Waals surface area contributed by atoms with Crippen LogP contribution in [0.1, 0.15) is 0 Å². The maximum atomic E-state index is 13.0. The molecular weight excluding hydrogens is 394 g/mol. The molecule has 1 N–H and O–H groups in total. The summed E-state index contributed by atoms with van der Waals surface area (Å²) in [5, 5.41) is 2.64. The molecule has 1 amide bonds.